The van der Waals surface area contributed by atoms with Crippen LogP contribution in [0.5, 0.6) is 0 Å². The second-order valence-corrected chi connectivity index (χ2v) is 19.2. The number of nitrogens with zero attached hydrogens (tertiary/aromatic N) is 4. The zero-order valence-corrected chi connectivity index (χ0v) is 39.4. The molecule has 3 aromatic heterocycles. The lowest BCUT2D eigenvalue weighted by Gasteiger charge is -2.29. The van der Waals surface area contributed by atoms with Gasteiger partial charge in [-0.25, -0.2) is 0 Å². The summed E-state index contributed by atoms with van der Waals surface area (Å²) >= 11 is 1.88. The molecule has 0 amide bonds. The molecule has 3 heterocycles. The number of para-hydroxylation sites is 6. The van der Waals surface area contributed by atoms with Gasteiger partial charge in [-0.1, -0.05) is 152 Å². The highest BCUT2D eigenvalue weighted by molar-refractivity contribution is 7.26. The number of hydrogen-bond acceptors (Lipinski definition) is 3. The van der Waals surface area contributed by atoms with E-state index in [0.717, 1.165) is 56.6 Å². The second kappa shape index (κ2) is 16.8. The maximum Gasteiger partial charge on any atom is 0.0719 e. The molecule has 0 radical (unpaired) electrons. The lowest BCUT2D eigenvalue weighted by atomic mass is 10.00. The summed E-state index contributed by atoms with van der Waals surface area (Å²) in [4.78, 5) is 4.82. The van der Waals surface area contributed by atoms with E-state index in [0.29, 0.717) is 0 Å². The van der Waals surface area contributed by atoms with Crippen LogP contribution in [-0.4, -0.2) is 9.13 Å². The molecule has 0 unspecified atom stereocenters. The normalized spacial score (nSPS) is 11.7. The van der Waals surface area contributed by atoms with Crippen molar-refractivity contribution in [1.29, 1.82) is 0 Å². The Balaban J connectivity index is 0.934. The van der Waals surface area contributed by atoms with Crippen molar-refractivity contribution in [3.05, 3.63) is 267 Å². The fourth-order valence-electron chi connectivity index (χ4n) is 11.0. The van der Waals surface area contributed by atoms with Crippen LogP contribution in [0.2, 0.25) is 0 Å². The van der Waals surface area contributed by atoms with Crippen LogP contribution in [0.25, 0.3) is 86.3 Å². The monoisotopic (exact) mass is 924 g/mol. The fourth-order valence-corrected chi connectivity index (χ4v) is 12.2. The molecule has 5 heteroatoms. The van der Waals surface area contributed by atoms with E-state index < -0.39 is 0 Å². The lowest BCUT2D eigenvalue weighted by molar-refractivity contribution is 1.18. The van der Waals surface area contributed by atoms with E-state index >= 15 is 0 Å². The summed E-state index contributed by atoms with van der Waals surface area (Å²) in [7, 11) is 0. The Bertz CT molecular complexity index is 4290. The molecule has 14 rings (SSSR count). The Kier molecular flexibility index (Phi) is 9.68. The predicted molar refractivity (Wildman–Crippen MR) is 303 cm³/mol. The average Bonchev–Trinajstić information content (AvgIpc) is 4.10. The van der Waals surface area contributed by atoms with Crippen molar-refractivity contribution >= 4 is 109 Å². The molecule has 0 saturated carbocycles. The van der Waals surface area contributed by atoms with Gasteiger partial charge in [0.05, 0.1) is 32.5 Å². The van der Waals surface area contributed by atoms with Gasteiger partial charge in [0.25, 0.3) is 0 Å². The number of anilines is 6. The Labute approximate surface area is 415 Å². The van der Waals surface area contributed by atoms with Crippen LogP contribution < -0.4 is 9.80 Å². The largest absolute Gasteiger partial charge is 0.310 e. The smallest absolute Gasteiger partial charge is 0.0719 e. The molecule has 0 aliphatic heterocycles. The topological polar surface area (TPSA) is 16.3 Å². The van der Waals surface area contributed by atoms with Gasteiger partial charge < -0.3 is 18.9 Å². The number of fused-ring (bicyclic) bond motifs is 10. The van der Waals surface area contributed by atoms with E-state index in [9.17, 15) is 0 Å². The van der Waals surface area contributed by atoms with Crippen LogP contribution in [0.4, 0.5) is 34.1 Å². The Hall–Kier alpha value is -9.16. The number of hydrogen-bond donors (Lipinski definition) is 0. The van der Waals surface area contributed by atoms with Gasteiger partial charge in [0.2, 0.25) is 0 Å². The van der Waals surface area contributed by atoms with Gasteiger partial charge in [-0.05, 0) is 121 Å². The third-order valence-electron chi connectivity index (χ3n) is 14.0. The summed E-state index contributed by atoms with van der Waals surface area (Å²) in [5, 5.41) is 7.48. The number of rotatable bonds is 9. The van der Waals surface area contributed by atoms with Crippen molar-refractivity contribution in [1.82, 2.24) is 9.13 Å². The highest BCUT2D eigenvalue weighted by Gasteiger charge is 2.23. The van der Waals surface area contributed by atoms with Crippen molar-refractivity contribution in [3.8, 4) is 22.5 Å². The standard InChI is InChI=1S/C66H44N4S/c1-5-21-46(22-6-1)67(51-36-41-63-59(43-51)56-38-39-57-55-32-15-18-35-64(55)71-66(57)65(56)70(63)49-27-11-4-12-28-49)50-29-19-20-45(42-50)53-30-13-16-33-60(53)68(47-23-7-2-8-24-47)52-37-40-62-58(44-52)54-31-14-17-34-61(54)69(62)48-25-9-3-10-26-48/h1-44H. The molecule has 0 bridgehead atoms. The summed E-state index contributed by atoms with van der Waals surface area (Å²) in [5.41, 5.74) is 15.9. The quantitative estimate of drug-likeness (QED) is 0.143. The Morgan fingerprint density at radius 3 is 1.54 bits per heavy atom. The molecule has 0 atom stereocenters. The molecule has 0 aliphatic carbocycles. The summed E-state index contributed by atoms with van der Waals surface area (Å²) < 4.78 is 7.45. The van der Waals surface area contributed by atoms with Crippen molar-refractivity contribution in [2.75, 3.05) is 9.80 Å². The van der Waals surface area contributed by atoms with Crippen molar-refractivity contribution in [2.45, 2.75) is 0 Å². The van der Waals surface area contributed by atoms with Gasteiger partial charge in [0.15, 0.2) is 0 Å². The third kappa shape index (κ3) is 6.74. The van der Waals surface area contributed by atoms with Gasteiger partial charge in [0, 0.05) is 82.4 Å². The SMILES string of the molecule is c1ccc(N(c2cccc(-c3ccccc3N(c3ccccc3)c3ccc4c(c3)c3ccccc3n4-c3ccccc3)c2)c2ccc3c(c2)c2ccc4c5ccccc5sc4c2n3-c2ccccc2)cc1. The van der Waals surface area contributed by atoms with Crippen molar-refractivity contribution < 1.29 is 0 Å². The van der Waals surface area contributed by atoms with E-state index in [1.165, 1.54) is 63.8 Å². The zero-order chi connectivity index (χ0) is 46.8. The van der Waals surface area contributed by atoms with Gasteiger partial charge in [-0.15, -0.1) is 11.3 Å². The molecule has 0 fully saturated rings. The van der Waals surface area contributed by atoms with Crippen LogP contribution >= 0.6 is 11.3 Å². The molecular formula is C66H44N4S. The van der Waals surface area contributed by atoms with E-state index in [1.54, 1.807) is 0 Å². The minimum atomic E-state index is 1.07. The molecule has 0 N–H and O–H groups in total. The van der Waals surface area contributed by atoms with Crippen LogP contribution in [-0.2, 0) is 0 Å². The van der Waals surface area contributed by atoms with Crippen molar-refractivity contribution in [3.63, 3.8) is 0 Å². The molecule has 0 aliphatic rings. The first-order valence-electron chi connectivity index (χ1n) is 24.2. The summed E-state index contributed by atoms with van der Waals surface area (Å²) in [6.07, 6.45) is 0. The summed E-state index contributed by atoms with van der Waals surface area (Å²) in [5.74, 6) is 0. The van der Waals surface area contributed by atoms with E-state index in [4.69, 9.17) is 0 Å². The second-order valence-electron chi connectivity index (χ2n) is 18.1. The third-order valence-corrected chi connectivity index (χ3v) is 15.2. The molecule has 71 heavy (non-hydrogen) atoms. The Morgan fingerprint density at radius 1 is 0.296 bits per heavy atom. The fraction of sp³-hybridized carbons (Fsp3) is 0. The van der Waals surface area contributed by atoms with Crippen molar-refractivity contribution in [2.24, 2.45) is 0 Å². The van der Waals surface area contributed by atoms with E-state index in [1.807, 2.05) is 11.3 Å². The Morgan fingerprint density at radius 2 is 0.803 bits per heavy atom. The first-order valence-corrected chi connectivity index (χ1v) is 25.0. The highest BCUT2D eigenvalue weighted by Crippen LogP contribution is 2.47. The molecule has 11 aromatic carbocycles. The van der Waals surface area contributed by atoms with Gasteiger partial charge in [-0.3, -0.25) is 0 Å². The molecular weight excluding hydrogens is 881 g/mol. The van der Waals surface area contributed by atoms with Crippen LogP contribution in [0, 0.1) is 0 Å². The number of benzene rings is 11. The molecule has 14 aromatic rings. The zero-order valence-electron chi connectivity index (χ0n) is 38.6. The lowest BCUT2D eigenvalue weighted by Crippen LogP contribution is -2.12. The maximum absolute atomic E-state index is 2.47. The molecule has 0 saturated heterocycles. The first kappa shape index (κ1) is 40.9. The number of thiophene rings is 1. The molecule has 4 nitrogen and oxygen atoms in total. The van der Waals surface area contributed by atoms with E-state index in [-0.39, 0.29) is 0 Å². The van der Waals surface area contributed by atoms with E-state index in [2.05, 4.69) is 286 Å². The minimum Gasteiger partial charge on any atom is -0.310 e. The maximum atomic E-state index is 2.47. The van der Waals surface area contributed by atoms with Crippen LogP contribution in [0.3, 0.4) is 0 Å². The average molecular weight is 925 g/mol. The minimum absolute atomic E-state index is 1.07. The van der Waals surface area contributed by atoms with Gasteiger partial charge in [-0.2, -0.15) is 0 Å². The molecule has 0 spiro atoms. The van der Waals surface area contributed by atoms with Crippen LogP contribution in [0.15, 0.2) is 267 Å². The predicted octanol–water partition coefficient (Wildman–Crippen LogP) is 18.9. The number of aromatic nitrogens is 2. The van der Waals surface area contributed by atoms with Gasteiger partial charge in [0.1, 0.15) is 0 Å². The summed E-state index contributed by atoms with van der Waals surface area (Å²) in [6.45, 7) is 0. The summed E-state index contributed by atoms with van der Waals surface area (Å²) in [6, 6.07) is 97.0. The molecule has 334 valence electrons. The first-order chi connectivity index (χ1) is 35.2. The highest BCUT2D eigenvalue weighted by atomic mass is 32.1. The van der Waals surface area contributed by atoms with Gasteiger partial charge >= 0.3 is 0 Å². The van der Waals surface area contributed by atoms with Crippen LogP contribution in [0.1, 0.15) is 0 Å².